The number of benzene rings is 1. The predicted molar refractivity (Wildman–Crippen MR) is 93.9 cm³/mol. The zero-order chi connectivity index (χ0) is 17.2. The summed E-state index contributed by atoms with van der Waals surface area (Å²) >= 11 is 6.02. The molecule has 1 aromatic rings. The van der Waals surface area contributed by atoms with Crippen molar-refractivity contribution in [2.45, 2.75) is 56.6 Å². The third-order valence-electron chi connectivity index (χ3n) is 6.70. The zero-order valence-electron chi connectivity index (χ0n) is 14.1. The van der Waals surface area contributed by atoms with Gasteiger partial charge >= 0.3 is 0 Å². The van der Waals surface area contributed by atoms with E-state index in [1.54, 1.807) is 18.2 Å². The number of nitrogens with one attached hydrogen (secondary N) is 1. The molecule has 3 saturated carbocycles. The largest absolute Gasteiger partial charge is 0.486 e. The molecular formula is C20H22ClNO3. The highest BCUT2D eigenvalue weighted by atomic mass is 35.5. The zero-order valence-corrected chi connectivity index (χ0v) is 14.8. The monoisotopic (exact) mass is 359 g/mol. The van der Waals surface area contributed by atoms with Crippen molar-refractivity contribution in [3.8, 4) is 5.75 Å². The van der Waals surface area contributed by atoms with Crippen LogP contribution in [0, 0.1) is 17.8 Å². The molecule has 0 saturated heterocycles. The maximum absolute atomic E-state index is 12.7. The summed E-state index contributed by atoms with van der Waals surface area (Å²) in [5, 5.41) is 3.78. The number of ether oxygens (including phenoxy) is 1. The molecule has 3 aliphatic carbocycles. The number of halogens is 1. The minimum Gasteiger partial charge on any atom is -0.486 e. The summed E-state index contributed by atoms with van der Waals surface area (Å²) in [7, 11) is 0. The highest BCUT2D eigenvalue weighted by Gasteiger charge is 2.70. The van der Waals surface area contributed by atoms with Gasteiger partial charge < -0.3 is 10.1 Å². The van der Waals surface area contributed by atoms with Gasteiger partial charge in [-0.25, -0.2) is 0 Å². The van der Waals surface area contributed by atoms with Crippen molar-refractivity contribution in [2.24, 2.45) is 17.8 Å². The smallest absolute Gasteiger partial charge is 0.224 e. The van der Waals surface area contributed by atoms with Crippen LogP contribution < -0.4 is 10.1 Å². The molecule has 0 aromatic heterocycles. The molecule has 1 aliphatic heterocycles. The van der Waals surface area contributed by atoms with Gasteiger partial charge in [0.2, 0.25) is 5.91 Å². The van der Waals surface area contributed by atoms with Crippen LogP contribution in [-0.2, 0) is 4.79 Å². The van der Waals surface area contributed by atoms with Gasteiger partial charge in [0.25, 0.3) is 0 Å². The van der Waals surface area contributed by atoms with Crippen molar-refractivity contribution in [1.82, 2.24) is 5.32 Å². The molecule has 4 aliphatic rings. The minimum atomic E-state index is -0.486. The number of fused-ring (bicyclic) bond motifs is 3. The fourth-order valence-electron chi connectivity index (χ4n) is 5.51. The quantitative estimate of drug-likeness (QED) is 0.874. The van der Waals surface area contributed by atoms with Crippen LogP contribution in [0.5, 0.6) is 5.75 Å². The molecule has 0 radical (unpaired) electrons. The van der Waals surface area contributed by atoms with E-state index in [4.69, 9.17) is 16.3 Å². The first-order valence-corrected chi connectivity index (χ1v) is 9.77. The van der Waals surface area contributed by atoms with E-state index in [-0.39, 0.29) is 23.5 Å². The van der Waals surface area contributed by atoms with Crippen molar-refractivity contribution >= 4 is 23.3 Å². The molecule has 4 nitrogen and oxygen atoms in total. The molecule has 0 bridgehead atoms. The van der Waals surface area contributed by atoms with Crippen molar-refractivity contribution in [3.63, 3.8) is 0 Å². The molecule has 25 heavy (non-hydrogen) atoms. The second-order valence-corrected chi connectivity index (χ2v) is 8.59. The van der Waals surface area contributed by atoms with Crippen LogP contribution in [0.15, 0.2) is 18.2 Å². The molecule has 1 heterocycles. The molecule has 5 heteroatoms. The fraction of sp³-hybridized carbons (Fsp3) is 0.600. The highest BCUT2D eigenvalue weighted by Crippen LogP contribution is 2.65. The number of Topliss-reactive ketones (excluding diaryl/α,β-unsaturated/α-hetero) is 1. The Balaban J connectivity index is 1.36. The van der Waals surface area contributed by atoms with Crippen molar-refractivity contribution < 1.29 is 14.3 Å². The fourth-order valence-corrected chi connectivity index (χ4v) is 5.68. The molecule has 1 spiro atoms. The van der Waals surface area contributed by atoms with Crippen molar-refractivity contribution in [1.29, 1.82) is 0 Å². The second kappa shape index (κ2) is 5.47. The van der Waals surface area contributed by atoms with Gasteiger partial charge in [0.15, 0.2) is 5.78 Å². The van der Waals surface area contributed by atoms with Gasteiger partial charge in [0.1, 0.15) is 11.4 Å². The standard InChI is InChI=1S/C20H22ClNO3/c21-11-5-6-16-14(9-11)15(23)10-20(25-16)8-7-13-17(18(13)20)19(24)22-12-3-1-2-4-12/h5-6,9,12-13,17-18H,1-4,7-8,10H2,(H,22,24)/t13-,17-,18+,20+/m1/s1. The first kappa shape index (κ1) is 15.7. The normalized spacial score (nSPS) is 36.0. The van der Waals surface area contributed by atoms with Gasteiger partial charge in [-0.15, -0.1) is 0 Å². The van der Waals surface area contributed by atoms with Crippen LogP contribution in [0.2, 0.25) is 5.02 Å². The van der Waals surface area contributed by atoms with Crippen molar-refractivity contribution in [2.75, 3.05) is 0 Å². The number of carbonyl (C=O) groups excluding carboxylic acids is 2. The summed E-state index contributed by atoms with van der Waals surface area (Å²) in [6, 6.07) is 5.59. The summed E-state index contributed by atoms with van der Waals surface area (Å²) in [6.45, 7) is 0. The average Bonchev–Trinajstić information content (AvgIpc) is 2.91. The Labute approximate surface area is 152 Å². The number of ketones is 1. The lowest BCUT2D eigenvalue weighted by atomic mass is 9.84. The van der Waals surface area contributed by atoms with E-state index in [9.17, 15) is 9.59 Å². The summed E-state index contributed by atoms with van der Waals surface area (Å²) in [5.41, 5.74) is 0.0921. The van der Waals surface area contributed by atoms with E-state index in [2.05, 4.69) is 5.32 Å². The number of hydrogen-bond donors (Lipinski definition) is 1. The van der Waals surface area contributed by atoms with Crippen LogP contribution in [-0.4, -0.2) is 23.3 Å². The van der Waals surface area contributed by atoms with Gasteiger partial charge in [-0.05, 0) is 49.8 Å². The third-order valence-corrected chi connectivity index (χ3v) is 6.93. The molecule has 4 atom stereocenters. The Hall–Kier alpha value is -1.55. The first-order valence-electron chi connectivity index (χ1n) is 9.39. The van der Waals surface area contributed by atoms with Crippen LogP contribution >= 0.6 is 11.6 Å². The molecular weight excluding hydrogens is 338 g/mol. The van der Waals surface area contributed by atoms with E-state index in [0.29, 0.717) is 34.7 Å². The molecule has 0 unspecified atom stereocenters. The summed E-state index contributed by atoms with van der Waals surface area (Å²) in [5.74, 6) is 1.48. The van der Waals surface area contributed by atoms with Gasteiger partial charge in [0.05, 0.1) is 12.0 Å². The third kappa shape index (κ3) is 2.41. The Morgan fingerprint density at radius 3 is 2.84 bits per heavy atom. The van der Waals surface area contributed by atoms with Gasteiger partial charge in [-0.2, -0.15) is 0 Å². The Morgan fingerprint density at radius 2 is 2.04 bits per heavy atom. The first-order chi connectivity index (χ1) is 12.1. The molecule has 1 amide bonds. The summed E-state index contributed by atoms with van der Waals surface area (Å²) in [6.07, 6.45) is 6.83. The maximum atomic E-state index is 12.7. The summed E-state index contributed by atoms with van der Waals surface area (Å²) in [4.78, 5) is 25.4. The topological polar surface area (TPSA) is 55.4 Å². The predicted octanol–water partition coefficient (Wildman–Crippen LogP) is 3.76. The van der Waals surface area contributed by atoms with E-state index in [1.165, 1.54) is 12.8 Å². The Bertz CT molecular complexity index is 757. The molecule has 1 N–H and O–H groups in total. The molecule has 5 rings (SSSR count). The van der Waals surface area contributed by atoms with Crippen LogP contribution in [0.1, 0.15) is 55.3 Å². The van der Waals surface area contributed by atoms with Crippen molar-refractivity contribution in [3.05, 3.63) is 28.8 Å². The number of hydrogen-bond acceptors (Lipinski definition) is 3. The van der Waals surface area contributed by atoms with Gasteiger partial charge in [-0.3, -0.25) is 9.59 Å². The lowest BCUT2D eigenvalue weighted by Crippen LogP contribution is -2.45. The number of amides is 1. The lowest BCUT2D eigenvalue weighted by molar-refractivity contribution is -0.124. The molecule has 1 aromatic carbocycles. The van der Waals surface area contributed by atoms with E-state index < -0.39 is 5.60 Å². The number of rotatable bonds is 2. The lowest BCUT2D eigenvalue weighted by Gasteiger charge is -2.37. The summed E-state index contributed by atoms with van der Waals surface area (Å²) < 4.78 is 6.35. The maximum Gasteiger partial charge on any atom is 0.224 e. The van der Waals surface area contributed by atoms with Crippen LogP contribution in [0.25, 0.3) is 0 Å². The van der Waals surface area contributed by atoms with Crippen LogP contribution in [0.3, 0.4) is 0 Å². The SMILES string of the molecule is O=C1C[C@]2(CC[C@@H]3[C@@H](C(=O)NC4CCCC4)[C@H]32)Oc2ccc(Cl)cc21. The Kier molecular flexibility index (Phi) is 3.43. The second-order valence-electron chi connectivity index (χ2n) is 8.15. The van der Waals surface area contributed by atoms with Gasteiger partial charge in [0, 0.05) is 22.9 Å². The van der Waals surface area contributed by atoms with Crippen LogP contribution in [0.4, 0.5) is 0 Å². The molecule has 132 valence electrons. The Morgan fingerprint density at radius 1 is 1.24 bits per heavy atom. The average molecular weight is 360 g/mol. The van der Waals surface area contributed by atoms with E-state index in [0.717, 1.165) is 25.7 Å². The van der Waals surface area contributed by atoms with E-state index in [1.807, 2.05) is 0 Å². The van der Waals surface area contributed by atoms with Gasteiger partial charge in [-0.1, -0.05) is 24.4 Å². The highest BCUT2D eigenvalue weighted by molar-refractivity contribution is 6.31. The van der Waals surface area contributed by atoms with E-state index >= 15 is 0 Å². The minimum absolute atomic E-state index is 0.0241. The number of carbonyl (C=O) groups is 2. The molecule has 3 fully saturated rings.